The number of carbonyl (C=O) groups excluding carboxylic acids is 1. The zero-order valence-electron chi connectivity index (χ0n) is 13.1. The molecule has 8 heteroatoms. The van der Waals surface area contributed by atoms with E-state index in [0.29, 0.717) is 0 Å². The van der Waals surface area contributed by atoms with Crippen molar-refractivity contribution in [2.45, 2.75) is 32.5 Å². The van der Waals surface area contributed by atoms with Gasteiger partial charge in [0.25, 0.3) is 0 Å². The van der Waals surface area contributed by atoms with Gasteiger partial charge in [-0.3, -0.25) is 0 Å². The van der Waals surface area contributed by atoms with Crippen LogP contribution in [0.2, 0.25) is 0 Å². The highest BCUT2D eigenvalue weighted by Crippen LogP contribution is 2.40. The maximum absolute atomic E-state index is 13.0. The van der Waals surface area contributed by atoms with Crippen molar-refractivity contribution in [2.24, 2.45) is 0 Å². The van der Waals surface area contributed by atoms with Gasteiger partial charge in [0.1, 0.15) is 0 Å². The third-order valence-corrected chi connectivity index (χ3v) is 2.60. The highest BCUT2D eigenvalue weighted by Gasteiger charge is 2.35. The van der Waals surface area contributed by atoms with Gasteiger partial charge in [-0.05, 0) is 26.8 Å². The van der Waals surface area contributed by atoms with E-state index >= 15 is 0 Å². The van der Waals surface area contributed by atoms with E-state index in [1.165, 1.54) is 19.0 Å². The van der Waals surface area contributed by atoms with Crippen LogP contribution in [0, 0.1) is 0 Å². The molecule has 0 aliphatic rings. The minimum Gasteiger partial charge on any atom is -0.408 e. The maximum atomic E-state index is 13.0. The first-order valence-electron chi connectivity index (χ1n) is 6.49. The van der Waals surface area contributed by atoms with Crippen molar-refractivity contribution >= 4 is 17.5 Å². The molecule has 1 amide bonds. The molecule has 0 spiro atoms. The lowest BCUT2D eigenvalue weighted by Crippen LogP contribution is -2.42. The molecule has 1 rings (SSSR count). The van der Waals surface area contributed by atoms with Crippen LogP contribution in [0.5, 0.6) is 5.75 Å². The van der Waals surface area contributed by atoms with E-state index in [1.54, 1.807) is 20.8 Å². The first-order valence-corrected chi connectivity index (χ1v) is 6.49. The Morgan fingerprint density at radius 2 is 1.77 bits per heavy atom. The second-order valence-electron chi connectivity index (χ2n) is 6.06. The predicted octanol–water partition coefficient (Wildman–Crippen LogP) is 3.24. The van der Waals surface area contributed by atoms with Crippen LogP contribution in [0.25, 0.3) is 0 Å². The summed E-state index contributed by atoms with van der Waals surface area (Å²) in [5.41, 5.74) is 3.75. The number of carbonyl (C=O) groups is 1. The molecule has 1 aromatic carbocycles. The zero-order chi connectivity index (χ0) is 17.3. The van der Waals surface area contributed by atoms with E-state index in [1.807, 2.05) is 0 Å². The molecule has 1 aromatic rings. The summed E-state index contributed by atoms with van der Waals surface area (Å²) in [6.07, 6.45) is -5.34. The lowest BCUT2D eigenvalue weighted by molar-refractivity contribution is -0.137. The molecule has 0 saturated heterocycles. The number of nitrogens with two attached hydrogens (primary N) is 1. The summed E-state index contributed by atoms with van der Waals surface area (Å²) in [5.74, 6) is -0.126. The third-order valence-electron chi connectivity index (χ3n) is 2.60. The fourth-order valence-electron chi connectivity index (χ4n) is 1.70. The summed E-state index contributed by atoms with van der Waals surface area (Å²) >= 11 is 0. The predicted molar refractivity (Wildman–Crippen MR) is 79.1 cm³/mol. The quantitative estimate of drug-likeness (QED) is 0.821. The third kappa shape index (κ3) is 4.71. The Morgan fingerprint density at radius 1 is 1.23 bits per heavy atom. The molecular formula is C14H20F3N3O2. The number of halogens is 3. The number of benzene rings is 1. The van der Waals surface area contributed by atoms with Gasteiger partial charge in [0, 0.05) is 25.7 Å². The number of amides is 1. The zero-order valence-corrected chi connectivity index (χ0v) is 13.1. The van der Waals surface area contributed by atoms with Crippen molar-refractivity contribution in [3.8, 4) is 5.75 Å². The molecule has 0 aliphatic heterocycles. The van der Waals surface area contributed by atoms with Gasteiger partial charge in [-0.1, -0.05) is 0 Å². The van der Waals surface area contributed by atoms with Crippen LogP contribution < -0.4 is 20.7 Å². The van der Waals surface area contributed by atoms with Gasteiger partial charge in [-0.2, -0.15) is 13.2 Å². The number of rotatable bonds is 2. The smallest absolute Gasteiger partial charge is 0.408 e. The fraction of sp³-hybridized carbons (Fsp3) is 0.500. The Labute approximate surface area is 127 Å². The van der Waals surface area contributed by atoms with Crippen LogP contribution in [0.15, 0.2) is 12.1 Å². The van der Waals surface area contributed by atoms with E-state index in [2.05, 4.69) is 5.32 Å². The van der Waals surface area contributed by atoms with Gasteiger partial charge in [0.05, 0.1) is 16.9 Å². The minimum atomic E-state index is -4.56. The van der Waals surface area contributed by atoms with Crippen molar-refractivity contribution in [3.05, 3.63) is 17.7 Å². The van der Waals surface area contributed by atoms with Gasteiger partial charge < -0.3 is 20.7 Å². The highest BCUT2D eigenvalue weighted by molar-refractivity contribution is 5.76. The SMILES string of the molecule is CN(C)c1cc(OC(=O)NC(C)(C)C)c(N)cc1C(F)(F)F. The Kier molecular flexibility index (Phi) is 4.84. The van der Waals surface area contributed by atoms with E-state index in [9.17, 15) is 18.0 Å². The summed E-state index contributed by atoms with van der Waals surface area (Å²) in [6, 6.07) is 1.86. The van der Waals surface area contributed by atoms with Gasteiger partial charge in [0.2, 0.25) is 0 Å². The molecular weight excluding hydrogens is 299 g/mol. The van der Waals surface area contributed by atoms with Crippen molar-refractivity contribution in [1.82, 2.24) is 5.32 Å². The molecule has 0 bridgehead atoms. The van der Waals surface area contributed by atoms with E-state index in [4.69, 9.17) is 10.5 Å². The molecule has 0 heterocycles. The first kappa shape index (κ1) is 17.9. The Morgan fingerprint density at radius 3 is 2.18 bits per heavy atom. The molecule has 0 fully saturated rings. The average molecular weight is 319 g/mol. The number of anilines is 2. The van der Waals surface area contributed by atoms with E-state index < -0.39 is 23.4 Å². The molecule has 0 aromatic heterocycles. The average Bonchev–Trinajstić information content (AvgIpc) is 2.27. The normalized spacial score (nSPS) is 12.0. The number of nitrogens with zero attached hydrogens (tertiary/aromatic N) is 1. The number of ether oxygens (including phenoxy) is 1. The van der Waals surface area contributed by atoms with Crippen molar-refractivity contribution in [2.75, 3.05) is 24.7 Å². The summed E-state index contributed by atoms with van der Waals surface area (Å²) in [5, 5.41) is 2.54. The standard InChI is InChI=1S/C14H20F3N3O2/c1-13(2,3)19-12(21)22-11-7-10(20(4)5)8(6-9(11)18)14(15,16)17/h6-7H,18H2,1-5H3,(H,19,21). The molecule has 0 aliphatic carbocycles. The van der Waals surface area contributed by atoms with Crippen molar-refractivity contribution < 1.29 is 22.7 Å². The van der Waals surface area contributed by atoms with Crippen LogP contribution in [-0.4, -0.2) is 25.7 Å². The molecule has 0 atom stereocenters. The molecule has 5 nitrogen and oxygen atoms in total. The highest BCUT2D eigenvalue weighted by atomic mass is 19.4. The number of hydrogen-bond donors (Lipinski definition) is 2. The summed E-state index contributed by atoms with van der Waals surface area (Å²) in [7, 11) is 2.92. The Bertz CT molecular complexity index is 564. The van der Waals surface area contributed by atoms with Gasteiger partial charge in [-0.25, -0.2) is 4.79 Å². The topological polar surface area (TPSA) is 67.6 Å². The summed E-state index contributed by atoms with van der Waals surface area (Å²) in [4.78, 5) is 13.0. The first-order chi connectivity index (χ1) is 9.81. The van der Waals surface area contributed by atoms with Crippen LogP contribution in [0.1, 0.15) is 26.3 Å². The number of nitrogens with one attached hydrogen (secondary N) is 1. The maximum Gasteiger partial charge on any atom is 0.418 e. The number of nitrogen functional groups attached to an aromatic ring is 1. The van der Waals surface area contributed by atoms with E-state index in [-0.39, 0.29) is 17.1 Å². The summed E-state index contributed by atoms with van der Waals surface area (Å²) < 4.78 is 44.0. The molecule has 22 heavy (non-hydrogen) atoms. The minimum absolute atomic E-state index is 0.126. The van der Waals surface area contributed by atoms with Crippen LogP contribution >= 0.6 is 0 Å². The van der Waals surface area contributed by atoms with Crippen molar-refractivity contribution in [3.63, 3.8) is 0 Å². The van der Waals surface area contributed by atoms with Crippen LogP contribution in [-0.2, 0) is 6.18 Å². The molecule has 0 saturated carbocycles. The molecule has 124 valence electrons. The van der Waals surface area contributed by atoms with Crippen molar-refractivity contribution in [1.29, 1.82) is 0 Å². The van der Waals surface area contributed by atoms with Gasteiger partial charge >= 0.3 is 12.3 Å². The largest absolute Gasteiger partial charge is 0.418 e. The Balaban J connectivity index is 3.18. The van der Waals surface area contributed by atoms with Gasteiger partial charge in [0.15, 0.2) is 5.75 Å². The molecule has 0 unspecified atom stereocenters. The van der Waals surface area contributed by atoms with E-state index in [0.717, 1.165) is 12.1 Å². The van der Waals surface area contributed by atoms with Crippen LogP contribution in [0.4, 0.5) is 29.3 Å². The monoisotopic (exact) mass is 319 g/mol. The number of hydrogen-bond acceptors (Lipinski definition) is 4. The molecule has 3 N–H and O–H groups in total. The second kappa shape index (κ2) is 5.94. The van der Waals surface area contributed by atoms with Gasteiger partial charge in [-0.15, -0.1) is 0 Å². The number of alkyl halides is 3. The van der Waals surface area contributed by atoms with Crippen LogP contribution in [0.3, 0.4) is 0 Å². The lowest BCUT2D eigenvalue weighted by Gasteiger charge is -2.23. The second-order valence-corrected chi connectivity index (χ2v) is 6.06. The summed E-state index contributed by atoms with van der Waals surface area (Å²) in [6.45, 7) is 5.24. The Hall–Kier alpha value is -2.12. The molecule has 0 radical (unpaired) electrons. The lowest BCUT2D eigenvalue weighted by atomic mass is 10.1. The fourth-order valence-corrected chi connectivity index (χ4v) is 1.70.